The molecule has 1 aliphatic carbocycles. The van der Waals surface area contributed by atoms with Gasteiger partial charge in [-0.15, -0.1) is 0 Å². The fourth-order valence-corrected chi connectivity index (χ4v) is 4.00. The standard InChI is InChI=1S/C19H29NO/c1-14(15-9-12-21-13-10-15)20-18-17-7-5-4-6-16(17)8-11-19(18,2)3/h4-7,14-15,18,20H,8-13H2,1-3H3. The van der Waals surface area contributed by atoms with Gasteiger partial charge in [-0.05, 0) is 55.1 Å². The first kappa shape index (κ1) is 15.1. The Morgan fingerprint density at radius 3 is 2.67 bits per heavy atom. The van der Waals surface area contributed by atoms with Crippen LogP contribution in [0.15, 0.2) is 24.3 Å². The van der Waals surface area contributed by atoms with Gasteiger partial charge in [-0.25, -0.2) is 0 Å². The van der Waals surface area contributed by atoms with E-state index in [9.17, 15) is 0 Å². The van der Waals surface area contributed by atoms with Crippen LogP contribution in [0.3, 0.4) is 0 Å². The molecule has 3 rings (SSSR count). The summed E-state index contributed by atoms with van der Waals surface area (Å²) in [5.74, 6) is 0.753. The molecule has 2 unspecified atom stereocenters. The summed E-state index contributed by atoms with van der Waals surface area (Å²) in [6.07, 6.45) is 4.88. The van der Waals surface area contributed by atoms with Crippen LogP contribution in [0.4, 0.5) is 0 Å². The Morgan fingerprint density at radius 1 is 1.19 bits per heavy atom. The zero-order valence-corrected chi connectivity index (χ0v) is 13.7. The monoisotopic (exact) mass is 287 g/mol. The van der Waals surface area contributed by atoms with Gasteiger partial charge in [0.05, 0.1) is 0 Å². The lowest BCUT2D eigenvalue weighted by atomic mass is 9.70. The van der Waals surface area contributed by atoms with Crippen molar-refractivity contribution in [3.8, 4) is 0 Å². The molecule has 2 aliphatic rings. The summed E-state index contributed by atoms with van der Waals surface area (Å²) in [6.45, 7) is 9.06. The maximum absolute atomic E-state index is 5.51. The molecule has 1 saturated heterocycles. The van der Waals surface area contributed by atoms with Crippen molar-refractivity contribution in [2.24, 2.45) is 11.3 Å². The number of nitrogens with one attached hydrogen (secondary N) is 1. The molecule has 1 fully saturated rings. The summed E-state index contributed by atoms with van der Waals surface area (Å²) in [7, 11) is 0. The zero-order valence-electron chi connectivity index (χ0n) is 13.7. The van der Waals surface area contributed by atoms with Crippen LogP contribution in [-0.4, -0.2) is 19.3 Å². The predicted molar refractivity (Wildman–Crippen MR) is 87.4 cm³/mol. The Labute approximate surface area is 129 Å². The molecule has 2 atom stereocenters. The van der Waals surface area contributed by atoms with Gasteiger partial charge in [0.2, 0.25) is 0 Å². The van der Waals surface area contributed by atoms with E-state index < -0.39 is 0 Å². The molecular weight excluding hydrogens is 258 g/mol. The quantitative estimate of drug-likeness (QED) is 0.903. The average Bonchev–Trinajstić information content (AvgIpc) is 2.51. The topological polar surface area (TPSA) is 21.3 Å². The van der Waals surface area contributed by atoms with Crippen LogP contribution in [0.25, 0.3) is 0 Å². The van der Waals surface area contributed by atoms with Gasteiger partial charge in [-0.3, -0.25) is 0 Å². The molecule has 1 aromatic carbocycles. The Balaban J connectivity index is 1.78. The molecule has 0 aromatic heterocycles. The zero-order chi connectivity index (χ0) is 14.9. The second kappa shape index (κ2) is 6.10. The highest BCUT2D eigenvalue weighted by atomic mass is 16.5. The van der Waals surface area contributed by atoms with Gasteiger partial charge >= 0.3 is 0 Å². The van der Waals surface area contributed by atoms with E-state index in [1.54, 1.807) is 0 Å². The first-order chi connectivity index (χ1) is 10.1. The SMILES string of the molecule is CC(NC1c2ccccc2CCC1(C)C)C1CCOCC1. The van der Waals surface area contributed by atoms with Crippen molar-refractivity contribution in [2.75, 3.05) is 13.2 Å². The van der Waals surface area contributed by atoms with E-state index in [1.807, 2.05) is 0 Å². The highest BCUT2D eigenvalue weighted by Gasteiger charge is 2.37. The second-order valence-electron chi connectivity index (χ2n) is 7.53. The van der Waals surface area contributed by atoms with E-state index in [-0.39, 0.29) is 0 Å². The fraction of sp³-hybridized carbons (Fsp3) is 0.684. The van der Waals surface area contributed by atoms with E-state index in [4.69, 9.17) is 4.74 Å². The number of hydrogen-bond acceptors (Lipinski definition) is 2. The van der Waals surface area contributed by atoms with Crippen LogP contribution >= 0.6 is 0 Å². The maximum atomic E-state index is 5.51. The van der Waals surface area contributed by atoms with Gasteiger partial charge in [-0.2, -0.15) is 0 Å². The number of fused-ring (bicyclic) bond motifs is 1. The van der Waals surface area contributed by atoms with Crippen molar-refractivity contribution in [1.82, 2.24) is 5.32 Å². The molecule has 116 valence electrons. The molecule has 0 saturated carbocycles. The number of ether oxygens (including phenoxy) is 1. The molecule has 0 spiro atoms. The van der Waals surface area contributed by atoms with E-state index in [1.165, 1.54) is 36.8 Å². The van der Waals surface area contributed by atoms with Gasteiger partial charge in [0.15, 0.2) is 0 Å². The summed E-state index contributed by atoms with van der Waals surface area (Å²) >= 11 is 0. The number of aryl methyl sites for hydroxylation is 1. The van der Waals surface area contributed by atoms with Crippen LogP contribution in [-0.2, 0) is 11.2 Å². The van der Waals surface area contributed by atoms with E-state index in [0.717, 1.165) is 19.1 Å². The van der Waals surface area contributed by atoms with E-state index in [0.29, 0.717) is 17.5 Å². The van der Waals surface area contributed by atoms with Gasteiger partial charge < -0.3 is 10.1 Å². The second-order valence-corrected chi connectivity index (χ2v) is 7.53. The molecule has 2 nitrogen and oxygen atoms in total. The molecule has 21 heavy (non-hydrogen) atoms. The largest absolute Gasteiger partial charge is 0.381 e. The number of hydrogen-bond donors (Lipinski definition) is 1. The van der Waals surface area contributed by atoms with Crippen LogP contribution in [0, 0.1) is 11.3 Å². The lowest BCUT2D eigenvalue weighted by Crippen LogP contribution is -2.45. The van der Waals surface area contributed by atoms with Crippen molar-refractivity contribution in [3.05, 3.63) is 35.4 Å². The number of rotatable bonds is 3. The van der Waals surface area contributed by atoms with E-state index >= 15 is 0 Å². The van der Waals surface area contributed by atoms with Crippen molar-refractivity contribution in [3.63, 3.8) is 0 Å². The third-order valence-electron chi connectivity index (χ3n) is 5.59. The average molecular weight is 287 g/mol. The van der Waals surface area contributed by atoms with Gasteiger partial charge in [0.25, 0.3) is 0 Å². The van der Waals surface area contributed by atoms with Gasteiger partial charge in [0.1, 0.15) is 0 Å². The van der Waals surface area contributed by atoms with Gasteiger partial charge in [0, 0.05) is 25.3 Å². The Kier molecular flexibility index (Phi) is 4.37. The minimum atomic E-state index is 0.327. The Hall–Kier alpha value is -0.860. The first-order valence-corrected chi connectivity index (χ1v) is 8.49. The fourth-order valence-electron chi connectivity index (χ4n) is 4.00. The van der Waals surface area contributed by atoms with Crippen LogP contribution < -0.4 is 5.32 Å². The predicted octanol–water partition coefficient (Wildman–Crippen LogP) is 4.10. The molecule has 1 N–H and O–H groups in total. The molecule has 2 heteroatoms. The summed E-state index contributed by atoms with van der Waals surface area (Å²) < 4.78 is 5.51. The van der Waals surface area contributed by atoms with Crippen molar-refractivity contribution in [2.45, 2.75) is 58.5 Å². The molecule has 1 aliphatic heterocycles. The van der Waals surface area contributed by atoms with Crippen LogP contribution in [0.2, 0.25) is 0 Å². The number of benzene rings is 1. The molecule has 1 aromatic rings. The third-order valence-corrected chi connectivity index (χ3v) is 5.59. The third kappa shape index (κ3) is 3.17. The summed E-state index contributed by atoms with van der Waals surface area (Å²) in [5.41, 5.74) is 3.38. The molecule has 1 heterocycles. The van der Waals surface area contributed by atoms with Crippen molar-refractivity contribution in [1.29, 1.82) is 0 Å². The van der Waals surface area contributed by atoms with Crippen LogP contribution in [0.1, 0.15) is 57.2 Å². The molecule has 0 bridgehead atoms. The smallest absolute Gasteiger partial charge is 0.0469 e. The normalized spacial score (nSPS) is 27.1. The highest BCUT2D eigenvalue weighted by Crippen LogP contribution is 2.44. The molecular formula is C19H29NO. The summed E-state index contributed by atoms with van der Waals surface area (Å²) in [5, 5.41) is 3.98. The molecule has 0 amide bonds. The minimum absolute atomic E-state index is 0.327. The first-order valence-electron chi connectivity index (χ1n) is 8.49. The molecule has 0 radical (unpaired) electrons. The lowest BCUT2D eigenvalue weighted by molar-refractivity contribution is 0.0499. The van der Waals surface area contributed by atoms with Gasteiger partial charge in [-0.1, -0.05) is 38.1 Å². The van der Waals surface area contributed by atoms with Crippen molar-refractivity contribution < 1.29 is 4.74 Å². The lowest BCUT2D eigenvalue weighted by Gasteiger charge is -2.43. The Bertz CT molecular complexity index is 476. The summed E-state index contributed by atoms with van der Waals surface area (Å²) in [6, 6.07) is 10.0. The minimum Gasteiger partial charge on any atom is -0.381 e. The van der Waals surface area contributed by atoms with E-state index in [2.05, 4.69) is 50.4 Å². The van der Waals surface area contributed by atoms with Crippen molar-refractivity contribution >= 4 is 0 Å². The summed E-state index contributed by atoms with van der Waals surface area (Å²) in [4.78, 5) is 0. The highest BCUT2D eigenvalue weighted by molar-refractivity contribution is 5.34. The van der Waals surface area contributed by atoms with Crippen LogP contribution in [0.5, 0.6) is 0 Å². The maximum Gasteiger partial charge on any atom is 0.0469 e. The Morgan fingerprint density at radius 2 is 1.90 bits per heavy atom.